The maximum Gasteiger partial charge on any atom is 0.183 e. The normalized spacial score (nSPS) is 23.6. The standard InChI is InChI=1S/C14H21BrN2O3/c1-10-7-17(8-11(6-15)20-10)9-12-14(19-3)13(18-2)4-5-16-12/h4-5,10-11H,6-9H2,1-3H3. The molecule has 0 radical (unpaired) electrons. The van der Waals surface area contributed by atoms with Gasteiger partial charge >= 0.3 is 0 Å². The minimum atomic E-state index is 0.218. The fraction of sp³-hybridized carbons (Fsp3) is 0.643. The molecule has 2 rings (SSSR count). The summed E-state index contributed by atoms with van der Waals surface area (Å²) < 4.78 is 16.6. The van der Waals surface area contributed by atoms with Crippen LogP contribution in [-0.4, -0.2) is 54.7 Å². The second-order valence-corrected chi connectivity index (χ2v) is 5.56. The van der Waals surface area contributed by atoms with E-state index in [-0.39, 0.29) is 12.2 Å². The third-order valence-electron chi connectivity index (χ3n) is 3.31. The summed E-state index contributed by atoms with van der Waals surface area (Å²) in [4.78, 5) is 6.77. The first kappa shape index (κ1) is 15.5. The Morgan fingerprint density at radius 2 is 2.20 bits per heavy atom. The van der Waals surface area contributed by atoms with Crippen LogP contribution < -0.4 is 9.47 Å². The van der Waals surface area contributed by atoms with Gasteiger partial charge in [0.25, 0.3) is 0 Å². The highest BCUT2D eigenvalue weighted by molar-refractivity contribution is 9.09. The zero-order valence-corrected chi connectivity index (χ0v) is 13.7. The molecule has 2 heterocycles. The molecule has 2 unspecified atom stereocenters. The number of hydrogen-bond acceptors (Lipinski definition) is 5. The molecule has 0 saturated carbocycles. The van der Waals surface area contributed by atoms with Gasteiger partial charge in [-0.2, -0.15) is 0 Å². The van der Waals surface area contributed by atoms with Crippen molar-refractivity contribution < 1.29 is 14.2 Å². The molecule has 5 nitrogen and oxygen atoms in total. The van der Waals surface area contributed by atoms with Gasteiger partial charge in [0, 0.05) is 37.2 Å². The Morgan fingerprint density at radius 3 is 2.85 bits per heavy atom. The van der Waals surface area contributed by atoms with Crippen molar-refractivity contribution >= 4 is 15.9 Å². The number of hydrogen-bond donors (Lipinski definition) is 0. The highest BCUT2D eigenvalue weighted by Crippen LogP contribution is 2.30. The number of aromatic nitrogens is 1. The van der Waals surface area contributed by atoms with Gasteiger partial charge in [-0.25, -0.2) is 0 Å². The van der Waals surface area contributed by atoms with E-state index in [9.17, 15) is 0 Å². The minimum Gasteiger partial charge on any atom is -0.493 e. The van der Waals surface area contributed by atoms with Crippen LogP contribution in [0.4, 0.5) is 0 Å². The third-order valence-corrected chi connectivity index (χ3v) is 4.04. The molecule has 6 heteroatoms. The predicted octanol–water partition coefficient (Wildman–Crippen LogP) is 2.08. The van der Waals surface area contributed by atoms with Crippen molar-refractivity contribution in [2.24, 2.45) is 0 Å². The van der Waals surface area contributed by atoms with E-state index >= 15 is 0 Å². The lowest BCUT2D eigenvalue weighted by molar-refractivity contribution is -0.0682. The average Bonchev–Trinajstić information content (AvgIpc) is 2.46. The molecule has 1 aromatic rings. The number of rotatable bonds is 5. The number of halogens is 1. The Bertz CT molecular complexity index is 444. The molecule has 20 heavy (non-hydrogen) atoms. The van der Waals surface area contributed by atoms with Crippen molar-refractivity contribution in [3.8, 4) is 11.5 Å². The van der Waals surface area contributed by atoms with Gasteiger partial charge in [-0.3, -0.25) is 9.88 Å². The number of ether oxygens (including phenoxy) is 3. The first-order valence-corrected chi connectivity index (χ1v) is 7.79. The molecule has 2 atom stereocenters. The van der Waals surface area contributed by atoms with Crippen LogP contribution in [0.2, 0.25) is 0 Å². The van der Waals surface area contributed by atoms with E-state index in [4.69, 9.17) is 14.2 Å². The fourth-order valence-electron chi connectivity index (χ4n) is 2.53. The highest BCUT2D eigenvalue weighted by Gasteiger charge is 2.26. The van der Waals surface area contributed by atoms with Crippen molar-refractivity contribution in [1.29, 1.82) is 0 Å². The summed E-state index contributed by atoms with van der Waals surface area (Å²) in [5.74, 6) is 1.43. The van der Waals surface area contributed by atoms with E-state index < -0.39 is 0 Å². The largest absolute Gasteiger partial charge is 0.493 e. The number of pyridine rings is 1. The van der Waals surface area contributed by atoms with Crippen LogP contribution in [0.3, 0.4) is 0 Å². The lowest BCUT2D eigenvalue weighted by Gasteiger charge is -2.36. The summed E-state index contributed by atoms with van der Waals surface area (Å²) in [7, 11) is 3.28. The summed E-state index contributed by atoms with van der Waals surface area (Å²) in [5.41, 5.74) is 0.897. The number of morpholine rings is 1. The lowest BCUT2D eigenvalue weighted by Crippen LogP contribution is -2.46. The van der Waals surface area contributed by atoms with Crippen LogP contribution in [0.25, 0.3) is 0 Å². The van der Waals surface area contributed by atoms with Crippen LogP contribution in [0.1, 0.15) is 12.6 Å². The Balaban J connectivity index is 2.13. The Morgan fingerprint density at radius 1 is 1.40 bits per heavy atom. The van der Waals surface area contributed by atoms with Gasteiger partial charge in [-0.15, -0.1) is 0 Å². The van der Waals surface area contributed by atoms with E-state index in [1.165, 1.54) is 0 Å². The SMILES string of the molecule is COc1ccnc(CN2CC(C)OC(CBr)C2)c1OC. The fourth-order valence-corrected chi connectivity index (χ4v) is 2.89. The molecule has 0 spiro atoms. The van der Waals surface area contributed by atoms with Gasteiger partial charge in [0.05, 0.1) is 26.4 Å². The van der Waals surface area contributed by atoms with Gasteiger partial charge in [0.1, 0.15) is 5.69 Å². The van der Waals surface area contributed by atoms with Crippen molar-refractivity contribution in [3.05, 3.63) is 18.0 Å². The smallest absolute Gasteiger partial charge is 0.183 e. The molecular weight excluding hydrogens is 324 g/mol. The molecule has 112 valence electrons. The Kier molecular flexibility index (Phi) is 5.63. The molecule has 1 fully saturated rings. The third kappa shape index (κ3) is 3.62. The second kappa shape index (κ2) is 7.24. The predicted molar refractivity (Wildman–Crippen MR) is 80.7 cm³/mol. The van der Waals surface area contributed by atoms with E-state index in [0.29, 0.717) is 5.75 Å². The zero-order valence-electron chi connectivity index (χ0n) is 12.1. The van der Waals surface area contributed by atoms with Gasteiger partial charge in [0.15, 0.2) is 11.5 Å². The highest BCUT2D eigenvalue weighted by atomic mass is 79.9. The molecule has 1 saturated heterocycles. The lowest BCUT2D eigenvalue weighted by atomic mass is 10.2. The quantitative estimate of drug-likeness (QED) is 0.765. The zero-order chi connectivity index (χ0) is 14.5. The molecule has 1 aliphatic rings. The van der Waals surface area contributed by atoms with Crippen LogP contribution in [0, 0.1) is 0 Å². The maximum atomic E-state index is 5.84. The van der Waals surface area contributed by atoms with Crippen LogP contribution in [-0.2, 0) is 11.3 Å². The van der Waals surface area contributed by atoms with Gasteiger partial charge in [0.2, 0.25) is 0 Å². The van der Waals surface area contributed by atoms with Gasteiger partial charge < -0.3 is 14.2 Å². The van der Waals surface area contributed by atoms with Gasteiger partial charge in [-0.1, -0.05) is 15.9 Å². The van der Waals surface area contributed by atoms with E-state index in [0.717, 1.165) is 36.4 Å². The first-order valence-electron chi connectivity index (χ1n) is 6.67. The van der Waals surface area contributed by atoms with E-state index in [2.05, 4.69) is 32.7 Å². The summed E-state index contributed by atoms with van der Waals surface area (Å²) in [5, 5.41) is 0.844. The molecule has 1 aliphatic heterocycles. The number of alkyl halides is 1. The van der Waals surface area contributed by atoms with Crippen molar-refractivity contribution in [1.82, 2.24) is 9.88 Å². The molecule has 0 aromatic carbocycles. The maximum absolute atomic E-state index is 5.84. The van der Waals surface area contributed by atoms with E-state index in [1.54, 1.807) is 20.4 Å². The molecule has 0 amide bonds. The summed E-state index contributed by atoms with van der Waals surface area (Å²) >= 11 is 3.49. The monoisotopic (exact) mass is 344 g/mol. The molecule has 0 aliphatic carbocycles. The molecule has 0 N–H and O–H groups in total. The Labute approximate surface area is 128 Å². The summed E-state index contributed by atoms with van der Waals surface area (Å²) in [6.07, 6.45) is 2.20. The van der Waals surface area contributed by atoms with Crippen molar-refractivity contribution in [2.45, 2.75) is 25.7 Å². The van der Waals surface area contributed by atoms with Crippen LogP contribution in [0.5, 0.6) is 11.5 Å². The summed E-state index contributed by atoms with van der Waals surface area (Å²) in [6, 6.07) is 1.81. The van der Waals surface area contributed by atoms with Gasteiger partial charge in [-0.05, 0) is 6.92 Å². The van der Waals surface area contributed by atoms with Crippen molar-refractivity contribution in [2.75, 3.05) is 32.6 Å². The van der Waals surface area contributed by atoms with Crippen LogP contribution in [0.15, 0.2) is 12.3 Å². The molecule has 1 aromatic heterocycles. The average molecular weight is 345 g/mol. The minimum absolute atomic E-state index is 0.218. The Hall–Kier alpha value is -0.850. The van der Waals surface area contributed by atoms with E-state index in [1.807, 2.05) is 6.07 Å². The molecular formula is C14H21BrN2O3. The summed E-state index contributed by atoms with van der Waals surface area (Å²) in [6.45, 7) is 4.61. The molecule has 0 bridgehead atoms. The van der Waals surface area contributed by atoms with Crippen LogP contribution >= 0.6 is 15.9 Å². The number of nitrogens with zero attached hydrogens (tertiary/aromatic N) is 2. The number of methoxy groups -OCH3 is 2. The first-order chi connectivity index (χ1) is 9.67. The van der Waals surface area contributed by atoms with Crippen molar-refractivity contribution in [3.63, 3.8) is 0 Å². The second-order valence-electron chi connectivity index (χ2n) is 4.91. The topological polar surface area (TPSA) is 43.8 Å².